The van der Waals surface area contributed by atoms with E-state index in [4.69, 9.17) is 0 Å². The van der Waals surface area contributed by atoms with E-state index in [2.05, 4.69) is 79.5 Å². The van der Waals surface area contributed by atoms with E-state index in [-0.39, 0.29) is 0 Å². The van der Waals surface area contributed by atoms with E-state index in [9.17, 15) is 0 Å². The van der Waals surface area contributed by atoms with Crippen LogP contribution in [0.1, 0.15) is 11.1 Å². The number of fused-ring (bicyclic) bond motifs is 3. The summed E-state index contributed by atoms with van der Waals surface area (Å²) in [5.41, 5.74) is 7.60. The number of H-pyrrole nitrogens is 1. The van der Waals surface area contributed by atoms with Gasteiger partial charge in [0.2, 0.25) is 0 Å². The highest BCUT2D eigenvalue weighted by Crippen LogP contribution is 2.35. The molecular formula is C20H17N. The molecule has 0 bridgehead atoms. The van der Waals surface area contributed by atoms with Gasteiger partial charge >= 0.3 is 0 Å². The number of rotatable bonds is 1. The lowest BCUT2D eigenvalue weighted by Gasteiger charge is -2.05. The van der Waals surface area contributed by atoms with Gasteiger partial charge in [-0.1, -0.05) is 48.5 Å². The fourth-order valence-corrected chi connectivity index (χ4v) is 3.16. The Morgan fingerprint density at radius 2 is 1.52 bits per heavy atom. The molecule has 1 aromatic heterocycles. The Kier molecular flexibility index (Phi) is 2.61. The van der Waals surface area contributed by atoms with Crippen molar-refractivity contribution in [2.75, 3.05) is 0 Å². The normalized spacial score (nSPS) is 11.3. The summed E-state index contributed by atoms with van der Waals surface area (Å²) >= 11 is 0. The molecule has 0 spiro atoms. The molecule has 0 fully saturated rings. The van der Waals surface area contributed by atoms with Gasteiger partial charge in [-0.3, -0.25) is 0 Å². The molecule has 0 aliphatic heterocycles. The predicted molar refractivity (Wildman–Crippen MR) is 90.7 cm³/mol. The second kappa shape index (κ2) is 4.49. The van der Waals surface area contributed by atoms with Crippen LogP contribution >= 0.6 is 0 Å². The summed E-state index contributed by atoms with van der Waals surface area (Å²) in [6, 6.07) is 21.6. The minimum Gasteiger partial charge on any atom is -0.354 e. The Morgan fingerprint density at radius 3 is 2.33 bits per heavy atom. The van der Waals surface area contributed by atoms with E-state index in [1.54, 1.807) is 0 Å². The molecule has 0 aliphatic carbocycles. The van der Waals surface area contributed by atoms with Crippen molar-refractivity contribution < 1.29 is 0 Å². The minimum atomic E-state index is 1.23. The monoisotopic (exact) mass is 271 g/mol. The van der Waals surface area contributed by atoms with Crippen molar-refractivity contribution >= 4 is 21.8 Å². The molecule has 3 aromatic carbocycles. The van der Waals surface area contributed by atoms with Crippen LogP contribution < -0.4 is 0 Å². The third kappa shape index (κ3) is 1.85. The van der Waals surface area contributed by atoms with Crippen LogP contribution in [-0.4, -0.2) is 4.98 Å². The highest BCUT2D eigenvalue weighted by Gasteiger charge is 2.11. The van der Waals surface area contributed by atoms with Gasteiger partial charge in [0.1, 0.15) is 0 Å². The topological polar surface area (TPSA) is 15.8 Å². The number of aromatic nitrogens is 1. The molecule has 4 rings (SSSR count). The molecule has 0 saturated carbocycles. The molecule has 1 heteroatoms. The number of benzene rings is 3. The first-order valence-corrected chi connectivity index (χ1v) is 7.31. The average molecular weight is 271 g/mol. The minimum absolute atomic E-state index is 1.23. The summed E-state index contributed by atoms with van der Waals surface area (Å²) in [5.74, 6) is 0. The summed E-state index contributed by atoms with van der Waals surface area (Å²) in [5, 5.41) is 2.62. The molecule has 0 amide bonds. The molecule has 0 aliphatic rings. The van der Waals surface area contributed by atoms with Crippen LogP contribution in [0.15, 0.2) is 60.7 Å². The van der Waals surface area contributed by atoms with Gasteiger partial charge in [-0.15, -0.1) is 0 Å². The molecule has 0 unspecified atom stereocenters. The summed E-state index contributed by atoms with van der Waals surface area (Å²) < 4.78 is 0. The number of hydrogen-bond donors (Lipinski definition) is 1. The van der Waals surface area contributed by atoms with Crippen LogP contribution in [0.4, 0.5) is 0 Å². The molecule has 102 valence electrons. The largest absolute Gasteiger partial charge is 0.354 e. The predicted octanol–water partition coefficient (Wildman–Crippen LogP) is 5.60. The fourth-order valence-electron chi connectivity index (χ4n) is 3.16. The second-order valence-electron chi connectivity index (χ2n) is 5.72. The molecule has 0 atom stereocenters. The van der Waals surface area contributed by atoms with Gasteiger partial charge in [0.25, 0.3) is 0 Å². The van der Waals surface area contributed by atoms with E-state index in [0.717, 1.165) is 0 Å². The summed E-state index contributed by atoms with van der Waals surface area (Å²) in [7, 11) is 0. The SMILES string of the molecule is Cc1cc(-c2ccccc2)c2[nH]c3c(C)cccc3c2c1. The lowest BCUT2D eigenvalue weighted by Crippen LogP contribution is -1.82. The maximum atomic E-state index is 3.64. The van der Waals surface area contributed by atoms with Crippen LogP contribution in [0.2, 0.25) is 0 Å². The van der Waals surface area contributed by atoms with E-state index < -0.39 is 0 Å². The van der Waals surface area contributed by atoms with Gasteiger partial charge in [0, 0.05) is 21.9 Å². The highest BCUT2D eigenvalue weighted by molar-refractivity contribution is 6.12. The smallest absolute Gasteiger partial charge is 0.0544 e. The van der Waals surface area contributed by atoms with Crippen LogP contribution in [0.25, 0.3) is 32.9 Å². The second-order valence-corrected chi connectivity index (χ2v) is 5.72. The number of para-hydroxylation sites is 1. The third-order valence-corrected chi connectivity index (χ3v) is 4.18. The lowest BCUT2D eigenvalue weighted by molar-refractivity contribution is 1.44. The van der Waals surface area contributed by atoms with Crippen molar-refractivity contribution in [1.29, 1.82) is 0 Å². The zero-order valence-corrected chi connectivity index (χ0v) is 12.3. The van der Waals surface area contributed by atoms with Crippen molar-refractivity contribution in [2.24, 2.45) is 0 Å². The van der Waals surface area contributed by atoms with E-state index in [0.29, 0.717) is 0 Å². The summed E-state index contributed by atoms with van der Waals surface area (Å²) in [6.45, 7) is 4.33. The van der Waals surface area contributed by atoms with Gasteiger partial charge < -0.3 is 4.98 Å². The van der Waals surface area contributed by atoms with Crippen molar-refractivity contribution in [3.8, 4) is 11.1 Å². The summed E-state index contributed by atoms with van der Waals surface area (Å²) in [4.78, 5) is 3.64. The lowest BCUT2D eigenvalue weighted by atomic mass is 9.99. The Morgan fingerprint density at radius 1 is 0.714 bits per heavy atom. The average Bonchev–Trinajstić information content (AvgIpc) is 2.88. The number of nitrogens with one attached hydrogen (secondary N) is 1. The van der Waals surface area contributed by atoms with Gasteiger partial charge in [-0.05, 0) is 42.7 Å². The molecule has 0 radical (unpaired) electrons. The van der Waals surface area contributed by atoms with Crippen molar-refractivity contribution in [3.63, 3.8) is 0 Å². The first-order valence-electron chi connectivity index (χ1n) is 7.31. The quantitative estimate of drug-likeness (QED) is 0.463. The number of hydrogen-bond acceptors (Lipinski definition) is 0. The van der Waals surface area contributed by atoms with Gasteiger partial charge in [0.05, 0.1) is 5.52 Å². The molecule has 1 heterocycles. The van der Waals surface area contributed by atoms with E-state index >= 15 is 0 Å². The standard InChI is InChI=1S/C20H17N/c1-13-11-17(15-8-4-3-5-9-15)20-18(12-13)16-10-6-7-14(2)19(16)21-20/h3-12,21H,1-2H3. The molecular weight excluding hydrogens is 254 g/mol. The zero-order chi connectivity index (χ0) is 14.4. The molecule has 1 N–H and O–H groups in total. The van der Waals surface area contributed by atoms with Crippen molar-refractivity contribution in [1.82, 2.24) is 4.98 Å². The Bertz CT molecular complexity index is 946. The Hall–Kier alpha value is -2.54. The van der Waals surface area contributed by atoms with Crippen LogP contribution in [-0.2, 0) is 0 Å². The molecule has 21 heavy (non-hydrogen) atoms. The maximum Gasteiger partial charge on any atom is 0.0544 e. The molecule has 0 saturated heterocycles. The van der Waals surface area contributed by atoms with Gasteiger partial charge in [0.15, 0.2) is 0 Å². The maximum absolute atomic E-state index is 3.64. The first-order chi connectivity index (χ1) is 10.2. The van der Waals surface area contributed by atoms with Gasteiger partial charge in [-0.25, -0.2) is 0 Å². The van der Waals surface area contributed by atoms with E-state index in [1.807, 2.05) is 0 Å². The van der Waals surface area contributed by atoms with E-state index in [1.165, 1.54) is 44.1 Å². The van der Waals surface area contributed by atoms with Crippen molar-refractivity contribution in [3.05, 3.63) is 71.8 Å². The fraction of sp³-hybridized carbons (Fsp3) is 0.100. The number of aromatic amines is 1. The van der Waals surface area contributed by atoms with Crippen LogP contribution in [0, 0.1) is 13.8 Å². The zero-order valence-electron chi connectivity index (χ0n) is 12.3. The van der Waals surface area contributed by atoms with Crippen LogP contribution in [0.5, 0.6) is 0 Å². The number of aryl methyl sites for hydroxylation is 2. The Balaban J connectivity index is 2.17. The first kappa shape index (κ1) is 12.2. The van der Waals surface area contributed by atoms with Crippen LogP contribution in [0.3, 0.4) is 0 Å². The highest BCUT2D eigenvalue weighted by atomic mass is 14.7. The Labute approximate surface area is 124 Å². The van der Waals surface area contributed by atoms with Gasteiger partial charge in [-0.2, -0.15) is 0 Å². The van der Waals surface area contributed by atoms with Crippen molar-refractivity contribution in [2.45, 2.75) is 13.8 Å². The molecule has 1 nitrogen and oxygen atoms in total. The summed E-state index contributed by atoms with van der Waals surface area (Å²) in [6.07, 6.45) is 0. The molecule has 4 aromatic rings. The third-order valence-electron chi connectivity index (χ3n) is 4.18.